The zero-order chi connectivity index (χ0) is 21.0. The summed E-state index contributed by atoms with van der Waals surface area (Å²) in [7, 11) is 0. The number of nitrogens with zero attached hydrogens (tertiary/aromatic N) is 4. The molecule has 0 aliphatic carbocycles. The van der Waals surface area contributed by atoms with E-state index >= 15 is 0 Å². The van der Waals surface area contributed by atoms with Crippen LogP contribution in [-0.4, -0.2) is 30.9 Å². The van der Waals surface area contributed by atoms with Crippen LogP contribution >= 0.6 is 0 Å². The summed E-state index contributed by atoms with van der Waals surface area (Å²) in [5.41, 5.74) is 3.49. The molecule has 7 nitrogen and oxygen atoms in total. The van der Waals surface area contributed by atoms with Gasteiger partial charge in [0, 0.05) is 17.3 Å². The van der Waals surface area contributed by atoms with Gasteiger partial charge in [-0.3, -0.25) is 9.89 Å². The molecule has 0 aliphatic rings. The highest BCUT2D eigenvalue weighted by atomic mass is 16.2. The molecule has 0 saturated carbocycles. The van der Waals surface area contributed by atoms with Gasteiger partial charge in [0.25, 0.3) is 5.91 Å². The molecule has 2 N–H and O–H groups in total. The number of H-pyrrole nitrogens is 1. The van der Waals surface area contributed by atoms with Crippen molar-refractivity contribution in [1.82, 2.24) is 25.0 Å². The molecule has 0 atom stereocenters. The van der Waals surface area contributed by atoms with E-state index in [1.54, 1.807) is 16.9 Å². The average Bonchev–Trinajstić information content (AvgIpc) is 3.51. The number of benzene rings is 3. The van der Waals surface area contributed by atoms with E-state index in [4.69, 9.17) is 0 Å². The highest BCUT2D eigenvalue weighted by Crippen LogP contribution is 2.27. The first-order chi connectivity index (χ1) is 15.3. The highest BCUT2D eigenvalue weighted by Gasteiger charge is 2.15. The Morgan fingerprint density at radius 3 is 2.35 bits per heavy atom. The average molecular weight is 406 g/mol. The Bertz CT molecular complexity index is 1320. The highest BCUT2D eigenvalue weighted by molar-refractivity contribution is 6.04. The lowest BCUT2D eigenvalue weighted by Gasteiger charge is -2.08. The molecule has 150 valence electrons. The Morgan fingerprint density at radius 2 is 1.55 bits per heavy atom. The number of hydrogen-bond acceptors (Lipinski definition) is 4. The summed E-state index contributed by atoms with van der Waals surface area (Å²) in [6.45, 7) is 0. The summed E-state index contributed by atoms with van der Waals surface area (Å²) in [4.78, 5) is 17.4. The van der Waals surface area contributed by atoms with Gasteiger partial charge in [-0.1, -0.05) is 60.7 Å². The maximum absolute atomic E-state index is 12.8. The van der Waals surface area contributed by atoms with Gasteiger partial charge in [-0.2, -0.15) is 10.2 Å². The molecular formula is C24H18N6O. The first kappa shape index (κ1) is 18.5. The lowest BCUT2D eigenvalue weighted by molar-refractivity contribution is 0.102. The fourth-order valence-corrected chi connectivity index (χ4v) is 3.25. The second-order valence-corrected chi connectivity index (χ2v) is 6.85. The molecule has 2 heterocycles. The Morgan fingerprint density at radius 1 is 0.839 bits per heavy atom. The van der Waals surface area contributed by atoms with Gasteiger partial charge in [0.05, 0.1) is 11.4 Å². The third-order valence-corrected chi connectivity index (χ3v) is 4.79. The van der Waals surface area contributed by atoms with Gasteiger partial charge in [0.2, 0.25) is 0 Å². The molecule has 0 aliphatic heterocycles. The molecule has 5 rings (SSSR count). The Kier molecular flexibility index (Phi) is 4.82. The van der Waals surface area contributed by atoms with E-state index in [2.05, 4.69) is 25.6 Å². The van der Waals surface area contributed by atoms with E-state index in [0.717, 1.165) is 16.8 Å². The molecule has 0 radical (unpaired) electrons. The third-order valence-electron chi connectivity index (χ3n) is 4.79. The monoisotopic (exact) mass is 406 g/mol. The maximum atomic E-state index is 12.8. The van der Waals surface area contributed by atoms with Gasteiger partial charge in [0.15, 0.2) is 17.3 Å². The van der Waals surface area contributed by atoms with Gasteiger partial charge in [0.1, 0.15) is 0 Å². The van der Waals surface area contributed by atoms with Gasteiger partial charge in [-0.25, -0.2) is 9.67 Å². The predicted octanol–water partition coefficient (Wildman–Crippen LogP) is 4.58. The molecule has 0 bridgehead atoms. The summed E-state index contributed by atoms with van der Waals surface area (Å²) in [5, 5.41) is 14.6. The fourth-order valence-electron chi connectivity index (χ4n) is 3.25. The summed E-state index contributed by atoms with van der Waals surface area (Å²) in [5.74, 6) is 0.868. The first-order valence-electron chi connectivity index (χ1n) is 9.77. The van der Waals surface area contributed by atoms with E-state index in [9.17, 15) is 4.79 Å². The van der Waals surface area contributed by atoms with Crippen molar-refractivity contribution in [2.75, 3.05) is 5.32 Å². The van der Waals surface area contributed by atoms with Crippen molar-refractivity contribution >= 4 is 11.6 Å². The van der Waals surface area contributed by atoms with Gasteiger partial charge < -0.3 is 5.32 Å². The van der Waals surface area contributed by atoms with Crippen molar-refractivity contribution in [3.05, 3.63) is 103 Å². The van der Waals surface area contributed by atoms with Crippen molar-refractivity contribution in [3.63, 3.8) is 0 Å². The topological polar surface area (TPSA) is 88.5 Å². The van der Waals surface area contributed by atoms with Crippen LogP contribution in [0.5, 0.6) is 0 Å². The number of anilines is 1. The number of nitrogens with one attached hydrogen (secondary N) is 2. The number of hydrogen-bond donors (Lipinski definition) is 2. The molecule has 2 aromatic heterocycles. The lowest BCUT2D eigenvalue weighted by Crippen LogP contribution is -2.14. The standard InChI is InChI=1S/C24H18N6O/c31-24(21-15-16-30(29-21)18-11-5-2-6-12-18)25-20-14-8-7-13-19(20)23-26-22(27-28-23)17-9-3-1-4-10-17/h1-16H,(H,25,31)(H,26,27,28). The maximum Gasteiger partial charge on any atom is 0.276 e. The summed E-state index contributed by atoms with van der Waals surface area (Å²) < 4.78 is 1.67. The summed E-state index contributed by atoms with van der Waals surface area (Å²) >= 11 is 0. The van der Waals surface area contributed by atoms with Crippen LogP contribution in [0.2, 0.25) is 0 Å². The number of carbonyl (C=O) groups excluding carboxylic acids is 1. The van der Waals surface area contributed by atoms with E-state index in [-0.39, 0.29) is 5.91 Å². The minimum absolute atomic E-state index is 0.301. The van der Waals surface area contributed by atoms with Crippen molar-refractivity contribution in [3.8, 4) is 28.5 Å². The van der Waals surface area contributed by atoms with Crippen molar-refractivity contribution in [2.45, 2.75) is 0 Å². The van der Waals surface area contributed by atoms with Gasteiger partial charge in [-0.15, -0.1) is 0 Å². The van der Waals surface area contributed by atoms with Crippen LogP contribution in [0.1, 0.15) is 10.5 Å². The zero-order valence-electron chi connectivity index (χ0n) is 16.4. The Labute approximate surface area is 178 Å². The van der Waals surface area contributed by atoms with Crippen LogP contribution < -0.4 is 5.32 Å². The third kappa shape index (κ3) is 3.84. The molecule has 1 amide bonds. The van der Waals surface area contributed by atoms with Crippen LogP contribution in [0.4, 0.5) is 5.69 Å². The molecule has 0 saturated heterocycles. The van der Waals surface area contributed by atoms with Gasteiger partial charge in [-0.05, 0) is 30.3 Å². The number of amides is 1. The lowest BCUT2D eigenvalue weighted by atomic mass is 10.1. The number of aromatic amines is 1. The van der Waals surface area contributed by atoms with E-state index in [1.807, 2.05) is 84.9 Å². The van der Waals surface area contributed by atoms with Crippen LogP contribution in [0.15, 0.2) is 97.2 Å². The largest absolute Gasteiger partial charge is 0.320 e. The predicted molar refractivity (Wildman–Crippen MR) is 119 cm³/mol. The Balaban J connectivity index is 1.40. The van der Waals surface area contributed by atoms with Crippen LogP contribution in [0.25, 0.3) is 28.5 Å². The van der Waals surface area contributed by atoms with Crippen LogP contribution in [0.3, 0.4) is 0 Å². The minimum atomic E-state index is -0.301. The van der Waals surface area contributed by atoms with E-state index in [1.165, 1.54) is 0 Å². The molecule has 0 fully saturated rings. The van der Waals surface area contributed by atoms with E-state index < -0.39 is 0 Å². The molecule has 0 unspecified atom stereocenters. The van der Waals surface area contributed by atoms with Crippen LogP contribution in [-0.2, 0) is 0 Å². The molecule has 31 heavy (non-hydrogen) atoms. The Hall–Kier alpha value is -4.52. The number of carbonyl (C=O) groups is 1. The minimum Gasteiger partial charge on any atom is -0.320 e. The van der Waals surface area contributed by atoms with Gasteiger partial charge >= 0.3 is 0 Å². The summed E-state index contributed by atoms with van der Waals surface area (Å²) in [6.07, 6.45) is 1.76. The molecule has 7 heteroatoms. The number of aromatic nitrogens is 5. The molecule has 0 spiro atoms. The van der Waals surface area contributed by atoms with Crippen LogP contribution in [0, 0.1) is 0 Å². The number of rotatable bonds is 5. The normalized spacial score (nSPS) is 10.7. The summed E-state index contributed by atoms with van der Waals surface area (Å²) in [6, 6.07) is 28.5. The molecule has 5 aromatic rings. The second kappa shape index (κ2) is 8.08. The number of para-hydroxylation sites is 2. The van der Waals surface area contributed by atoms with Crippen molar-refractivity contribution in [2.24, 2.45) is 0 Å². The first-order valence-corrected chi connectivity index (χ1v) is 9.77. The van der Waals surface area contributed by atoms with Crippen molar-refractivity contribution < 1.29 is 4.79 Å². The molecule has 3 aromatic carbocycles. The zero-order valence-corrected chi connectivity index (χ0v) is 16.4. The molecular weight excluding hydrogens is 388 g/mol. The quantitative estimate of drug-likeness (QED) is 0.447. The smallest absolute Gasteiger partial charge is 0.276 e. The van der Waals surface area contributed by atoms with E-state index in [0.29, 0.717) is 23.0 Å². The fraction of sp³-hybridized carbons (Fsp3) is 0. The van der Waals surface area contributed by atoms with Crippen molar-refractivity contribution in [1.29, 1.82) is 0 Å². The SMILES string of the molecule is O=C(Nc1ccccc1-c1nc(-c2ccccc2)n[nH]1)c1ccn(-c2ccccc2)n1. The second-order valence-electron chi connectivity index (χ2n) is 6.85.